The third-order valence-electron chi connectivity index (χ3n) is 2.47. The molecule has 0 radical (unpaired) electrons. The van der Waals surface area contributed by atoms with Crippen LogP contribution >= 0.6 is 11.6 Å². The van der Waals surface area contributed by atoms with Gasteiger partial charge >= 0.3 is 6.03 Å². The maximum atomic E-state index is 11.2. The molecule has 1 aromatic rings. The fraction of sp³-hybridized carbons (Fsp3) is 0.357. The van der Waals surface area contributed by atoms with E-state index in [0.717, 1.165) is 21.9 Å². The molecule has 2 amide bonds. The highest BCUT2D eigenvalue weighted by Gasteiger charge is 2.03. The van der Waals surface area contributed by atoms with E-state index in [-0.39, 0.29) is 6.03 Å². The van der Waals surface area contributed by atoms with Crippen molar-refractivity contribution in [1.82, 2.24) is 10.6 Å². The number of carbonyl (C=O) groups is 1. The summed E-state index contributed by atoms with van der Waals surface area (Å²) < 4.78 is 5.56. The maximum absolute atomic E-state index is 11.2. The molecule has 0 saturated heterocycles. The summed E-state index contributed by atoms with van der Waals surface area (Å²) in [6.07, 6.45) is 1.62. The maximum Gasteiger partial charge on any atom is 0.315 e. The minimum Gasteiger partial charge on any atom is -0.492 e. The SMILES string of the molecule is C=CCNC(=O)NCCOc1cc(C)c(Cl)c(C)c1. The van der Waals surface area contributed by atoms with Crippen LogP contribution in [0.25, 0.3) is 0 Å². The van der Waals surface area contributed by atoms with Gasteiger partial charge < -0.3 is 15.4 Å². The van der Waals surface area contributed by atoms with Crippen LogP contribution in [0, 0.1) is 13.8 Å². The Hall–Kier alpha value is -1.68. The van der Waals surface area contributed by atoms with Gasteiger partial charge in [-0.2, -0.15) is 0 Å². The van der Waals surface area contributed by atoms with Gasteiger partial charge in [-0.15, -0.1) is 6.58 Å². The molecule has 5 heteroatoms. The molecule has 0 heterocycles. The third kappa shape index (κ3) is 5.22. The van der Waals surface area contributed by atoms with Gasteiger partial charge in [-0.25, -0.2) is 4.79 Å². The number of aryl methyl sites for hydroxylation is 2. The van der Waals surface area contributed by atoms with Crippen molar-refractivity contribution in [2.45, 2.75) is 13.8 Å². The van der Waals surface area contributed by atoms with E-state index in [9.17, 15) is 4.79 Å². The van der Waals surface area contributed by atoms with Gasteiger partial charge in [0.2, 0.25) is 0 Å². The Morgan fingerprint density at radius 1 is 1.37 bits per heavy atom. The molecule has 0 unspecified atom stereocenters. The lowest BCUT2D eigenvalue weighted by Gasteiger charge is -2.10. The van der Waals surface area contributed by atoms with Crippen molar-refractivity contribution in [1.29, 1.82) is 0 Å². The number of benzene rings is 1. The lowest BCUT2D eigenvalue weighted by atomic mass is 10.1. The quantitative estimate of drug-likeness (QED) is 0.623. The van der Waals surface area contributed by atoms with Gasteiger partial charge in [0.1, 0.15) is 12.4 Å². The fourth-order valence-electron chi connectivity index (χ4n) is 1.55. The molecular formula is C14H19ClN2O2. The molecule has 0 spiro atoms. The smallest absolute Gasteiger partial charge is 0.315 e. The highest BCUT2D eigenvalue weighted by molar-refractivity contribution is 6.32. The number of hydrogen-bond acceptors (Lipinski definition) is 2. The van der Waals surface area contributed by atoms with Gasteiger partial charge in [0.15, 0.2) is 0 Å². The normalized spacial score (nSPS) is 9.84. The van der Waals surface area contributed by atoms with Crippen molar-refractivity contribution in [3.63, 3.8) is 0 Å². The summed E-state index contributed by atoms with van der Waals surface area (Å²) >= 11 is 6.07. The van der Waals surface area contributed by atoms with Crippen LogP contribution in [0.1, 0.15) is 11.1 Å². The first kappa shape index (κ1) is 15.4. The van der Waals surface area contributed by atoms with Gasteiger partial charge in [-0.05, 0) is 37.1 Å². The van der Waals surface area contributed by atoms with E-state index in [1.54, 1.807) is 6.08 Å². The van der Waals surface area contributed by atoms with Gasteiger partial charge in [0.05, 0.1) is 6.54 Å². The molecule has 0 aliphatic carbocycles. The summed E-state index contributed by atoms with van der Waals surface area (Å²) in [5.74, 6) is 0.757. The molecule has 19 heavy (non-hydrogen) atoms. The first-order valence-corrected chi connectivity index (χ1v) is 6.44. The highest BCUT2D eigenvalue weighted by Crippen LogP contribution is 2.25. The first-order chi connectivity index (χ1) is 9.04. The molecule has 0 aromatic heterocycles. The second kappa shape index (κ2) is 7.69. The molecule has 0 bridgehead atoms. The average molecular weight is 283 g/mol. The minimum absolute atomic E-state index is 0.230. The third-order valence-corrected chi connectivity index (χ3v) is 3.07. The van der Waals surface area contributed by atoms with Crippen LogP contribution in [-0.2, 0) is 0 Å². The van der Waals surface area contributed by atoms with Gasteiger partial charge in [-0.3, -0.25) is 0 Å². The monoisotopic (exact) mass is 282 g/mol. The van der Waals surface area contributed by atoms with E-state index < -0.39 is 0 Å². The molecular weight excluding hydrogens is 264 g/mol. The van der Waals surface area contributed by atoms with Crippen LogP contribution in [0.5, 0.6) is 5.75 Å². The summed E-state index contributed by atoms with van der Waals surface area (Å²) in [6, 6.07) is 3.53. The fourth-order valence-corrected chi connectivity index (χ4v) is 1.66. The molecule has 104 valence electrons. The van der Waals surface area contributed by atoms with Crippen LogP contribution in [0.3, 0.4) is 0 Å². The van der Waals surface area contributed by atoms with Crippen LogP contribution in [-0.4, -0.2) is 25.7 Å². The van der Waals surface area contributed by atoms with E-state index in [2.05, 4.69) is 17.2 Å². The Balaban J connectivity index is 2.34. The Morgan fingerprint density at radius 2 is 2.00 bits per heavy atom. The number of halogens is 1. The number of hydrogen-bond donors (Lipinski definition) is 2. The van der Waals surface area contributed by atoms with Crippen LogP contribution in [0.15, 0.2) is 24.8 Å². The van der Waals surface area contributed by atoms with Crippen molar-refractivity contribution in [2.75, 3.05) is 19.7 Å². The lowest BCUT2D eigenvalue weighted by Crippen LogP contribution is -2.37. The van der Waals surface area contributed by atoms with E-state index in [4.69, 9.17) is 16.3 Å². The predicted octanol–water partition coefficient (Wildman–Crippen LogP) is 2.82. The molecule has 1 rings (SSSR count). The molecule has 0 atom stereocenters. The number of rotatable bonds is 6. The number of amides is 2. The zero-order chi connectivity index (χ0) is 14.3. The topological polar surface area (TPSA) is 50.4 Å². The van der Waals surface area contributed by atoms with Crippen LogP contribution in [0.4, 0.5) is 4.79 Å². The van der Waals surface area contributed by atoms with Crippen molar-refractivity contribution in [3.05, 3.63) is 40.9 Å². The van der Waals surface area contributed by atoms with Gasteiger partial charge in [0.25, 0.3) is 0 Å². The van der Waals surface area contributed by atoms with Gasteiger partial charge in [-0.1, -0.05) is 17.7 Å². The predicted molar refractivity (Wildman–Crippen MR) is 78.0 cm³/mol. The molecule has 2 N–H and O–H groups in total. The number of nitrogens with one attached hydrogen (secondary N) is 2. The molecule has 0 saturated carbocycles. The minimum atomic E-state index is -0.230. The standard InChI is InChI=1S/C14H19ClN2O2/c1-4-5-16-14(18)17-6-7-19-12-8-10(2)13(15)11(3)9-12/h4,8-9H,1,5-7H2,2-3H3,(H2,16,17,18). The van der Waals surface area contributed by atoms with Crippen molar-refractivity contribution in [3.8, 4) is 5.75 Å². The molecule has 0 aliphatic rings. The van der Waals surface area contributed by atoms with Crippen LogP contribution < -0.4 is 15.4 Å². The van der Waals surface area contributed by atoms with E-state index in [1.165, 1.54) is 0 Å². The summed E-state index contributed by atoms with van der Waals surface area (Å²) in [5.41, 5.74) is 1.96. The highest BCUT2D eigenvalue weighted by atomic mass is 35.5. The molecule has 0 aliphatic heterocycles. The second-order valence-electron chi connectivity index (χ2n) is 4.14. The number of ether oxygens (including phenoxy) is 1. The Bertz CT molecular complexity index is 438. The summed E-state index contributed by atoms with van der Waals surface area (Å²) in [5, 5.41) is 6.05. The zero-order valence-corrected chi connectivity index (χ0v) is 12.0. The Kier molecular flexibility index (Phi) is 6.22. The Morgan fingerprint density at radius 3 is 2.58 bits per heavy atom. The number of carbonyl (C=O) groups excluding carboxylic acids is 1. The average Bonchev–Trinajstić information content (AvgIpc) is 2.38. The first-order valence-electron chi connectivity index (χ1n) is 6.06. The molecule has 1 aromatic carbocycles. The number of urea groups is 1. The van der Waals surface area contributed by atoms with Gasteiger partial charge in [0, 0.05) is 11.6 Å². The van der Waals surface area contributed by atoms with Crippen molar-refractivity contribution < 1.29 is 9.53 Å². The van der Waals surface area contributed by atoms with Crippen molar-refractivity contribution >= 4 is 17.6 Å². The largest absolute Gasteiger partial charge is 0.492 e. The summed E-state index contributed by atoms with van der Waals surface area (Å²) in [6.45, 7) is 8.67. The van der Waals surface area contributed by atoms with E-state index in [0.29, 0.717) is 19.7 Å². The van der Waals surface area contributed by atoms with E-state index in [1.807, 2.05) is 26.0 Å². The summed E-state index contributed by atoms with van der Waals surface area (Å²) in [7, 11) is 0. The Labute approximate surface area is 118 Å². The molecule has 4 nitrogen and oxygen atoms in total. The molecule has 0 fully saturated rings. The lowest BCUT2D eigenvalue weighted by molar-refractivity contribution is 0.237. The summed E-state index contributed by atoms with van der Waals surface area (Å²) in [4.78, 5) is 11.2. The van der Waals surface area contributed by atoms with Crippen LogP contribution in [0.2, 0.25) is 5.02 Å². The second-order valence-corrected chi connectivity index (χ2v) is 4.52. The van der Waals surface area contributed by atoms with Crippen molar-refractivity contribution in [2.24, 2.45) is 0 Å². The zero-order valence-electron chi connectivity index (χ0n) is 11.3. The van der Waals surface area contributed by atoms with E-state index >= 15 is 0 Å².